The number of aliphatic carboxylic acids is 1. The van der Waals surface area contributed by atoms with Gasteiger partial charge in [0.15, 0.2) is 0 Å². The fourth-order valence-electron chi connectivity index (χ4n) is 3.20. The first kappa shape index (κ1) is 13.1. The Balaban J connectivity index is 1.82. The molecule has 20 heavy (non-hydrogen) atoms. The Kier molecular flexibility index (Phi) is 3.22. The Bertz CT molecular complexity index is 602. The fraction of sp³-hybridized carbons (Fsp3) is 0.357. The van der Waals surface area contributed by atoms with E-state index in [1.54, 1.807) is 6.07 Å². The second kappa shape index (κ2) is 4.90. The van der Waals surface area contributed by atoms with Gasteiger partial charge in [-0.2, -0.15) is 0 Å². The number of pyridine rings is 1. The Labute approximate surface area is 120 Å². The number of carbonyl (C=O) groups excluding carboxylic acids is 1. The van der Waals surface area contributed by atoms with Crippen LogP contribution in [0.2, 0.25) is 5.02 Å². The number of nitrogens with one attached hydrogen (secondary N) is 1. The molecule has 0 spiro atoms. The lowest BCUT2D eigenvalue weighted by Gasteiger charge is -2.23. The van der Waals surface area contributed by atoms with Crippen molar-refractivity contribution in [3.05, 3.63) is 35.6 Å². The summed E-state index contributed by atoms with van der Waals surface area (Å²) in [6.07, 6.45) is 7.57. The number of hydrogen-bond acceptors (Lipinski definition) is 3. The van der Waals surface area contributed by atoms with Crippen LogP contribution in [-0.2, 0) is 9.59 Å². The summed E-state index contributed by atoms with van der Waals surface area (Å²) in [5, 5.41) is 12.4. The molecule has 1 heterocycles. The first-order chi connectivity index (χ1) is 9.58. The smallest absolute Gasteiger partial charge is 0.307 e. The average molecular weight is 293 g/mol. The molecule has 2 bridgehead atoms. The standard InChI is InChI=1S/C14H13ClN2O3/c15-9-3-4-16-6-10(9)17-13(18)11-7-1-2-8(5-7)12(11)14(19)20/h1-4,6-8,11-12H,5H2,(H,17,18)(H,19,20)/t7?,8?,11-,12+/m0/s1. The molecule has 0 aliphatic heterocycles. The zero-order chi connectivity index (χ0) is 14.3. The summed E-state index contributed by atoms with van der Waals surface area (Å²) < 4.78 is 0. The van der Waals surface area contributed by atoms with Crippen LogP contribution in [0.1, 0.15) is 6.42 Å². The Morgan fingerprint density at radius 1 is 1.30 bits per heavy atom. The number of fused-ring (bicyclic) bond motifs is 2. The maximum absolute atomic E-state index is 12.4. The molecule has 104 valence electrons. The van der Waals surface area contributed by atoms with Gasteiger partial charge in [-0.25, -0.2) is 0 Å². The lowest BCUT2D eigenvalue weighted by molar-refractivity contribution is -0.146. The number of halogens is 1. The summed E-state index contributed by atoms with van der Waals surface area (Å²) >= 11 is 5.97. The van der Waals surface area contributed by atoms with Crippen LogP contribution in [-0.4, -0.2) is 22.0 Å². The summed E-state index contributed by atoms with van der Waals surface area (Å²) in [7, 11) is 0. The van der Waals surface area contributed by atoms with Gasteiger partial charge in [0.05, 0.1) is 28.7 Å². The van der Waals surface area contributed by atoms with Crippen LogP contribution in [0.25, 0.3) is 0 Å². The minimum absolute atomic E-state index is 0.00320. The van der Waals surface area contributed by atoms with Crippen molar-refractivity contribution in [3.8, 4) is 0 Å². The van der Waals surface area contributed by atoms with E-state index in [4.69, 9.17) is 11.6 Å². The number of rotatable bonds is 3. The molecule has 6 heteroatoms. The largest absolute Gasteiger partial charge is 0.481 e. The van der Waals surface area contributed by atoms with Gasteiger partial charge in [0.1, 0.15) is 0 Å². The molecule has 1 aromatic heterocycles. The highest BCUT2D eigenvalue weighted by Gasteiger charge is 2.51. The van der Waals surface area contributed by atoms with E-state index in [1.807, 2.05) is 12.2 Å². The fourth-order valence-corrected chi connectivity index (χ4v) is 3.35. The van der Waals surface area contributed by atoms with Crippen LogP contribution in [0.4, 0.5) is 5.69 Å². The number of nitrogens with zero attached hydrogens (tertiary/aromatic N) is 1. The van der Waals surface area contributed by atoms with Crippen LogP contribution in [0, 0.1) is 23.7 Å². The maximum atomic E-state index is 12.4. The molecule has 0 aromatic carbocycles. The highest BCUT2D eigenvalue weighted by atomic mass is 35.5. The SMILES string of the molecule is O=C(O)[C@@H]1C2C=CC(C2)[C@@H]1C(=O)Nc1cnccc1Cl. The van der Waals surface area contributed by atoms with Crippen molar-refractivity contribution < 1.29 is 14.7 Å². The summed E-state index contributed by atoms with van der Waals surface area (Å²) in [6.45, 7) is 0. The molecule has 3 rings (SSSR count). The molecule has 2 aliphatic carbocycles. The number of aromatic nitrogens is 1. The number of anilines is 1. The van der Waals surface area contributed by atoms with Gasteiger partial charge in [0.25, 0.3) is 0 Å². The van der Waals surface area contributed by atoms with Crippen LogP contribution in [0.15, 0.2) is 30.6 Å². The van der Waals surface area contributed by atoms with Crippen LogP contribution >= 0.6 is 11.6 Å². The third-order valence-electron chi connectivity index (χ3n) is 4.07. The third-order valence-corrected chi connectivity index (χ3v) is 4.40. The lowest BCUT2D eigenvalue weighted by Crippen LogP contribution is -2.36. The predicted octanol–water partition coefficient (Wildman–Crippen LogP) is 2.20. The van der Waals surface area contributed by atoms with Crippen molar-refractivity contribution >= 4 is 29.2 Å². The molecule has 2 N–H and O–H groups in total. The Hall–Kier alpha value is -1.88. The quantitative estimate of drug-likeness (QED) is 0.837. The monoisotopic (exact) mass is 292 g/mol. The van der Waals surface area contributed by atoms with Gasteiger partial charge in [0, 0.05) is 6.20 Å². The lowest BCUT2D eigenvalue weighted by atomic mass is 9.82. The summed E-state index contributed by atoms with van der Waals surface area (Å²) in [5.41, 5.74) is 0.412. The van der Waals surface area contributed by atoms with Crippen molar-refractivity contribution in [2.45, 2.75) is 6.42 Å². The average Bonchev–Trinajstić information content (AvgIpc) is 3.01. The van der Waals surface area contributed by atoms with E-state index in [0.29, 0.717) is 10.7 Å². The highest BCUT2D eigenvalue weighted by molar-refractivity contribution is 6.33. The Morgan fingerprint density at radius 3 is 2.65 bits per heavy atom. The van der Waals surface area contributed by atoms with Crippen molar-refractivity contribution in [2.24, 2.45) is 23.7 Å². The molecule has 0 radical (unpaired) electrons. The van der Waals surface area contributed by atoms with Gasteiger partial charge < -0.3 is 10.4 Å². The van der Waals surface area contributed by atoms with Gasteiger partial charge in [-0.15, -0.1) is 0 Å². The first-order valence-electron chi connectivity index (χ1n) is 6.39. The molecular formula is C14H13ClN2O3. The van der Waals surface area contributed by atoms with Crippen molar-refractivity contribution in [1.29, 1.82) is 0 Å². The zero-order valence-corrected chi connectivity index (χ0v) is 11.2. The van der Waals surface area contributed by atoms with E-state index in [0.717, 1.165) is 6.42 Å². The first-order valence-corrected chi connectivity index (χ1v) is 6.77. The second-order valence-electron chi connectivity index (χ2n) is 5.18. The van der Waals surface area contributed by atoms with E-state index in [1.165, 1.54) is 12.4 Å². The molecule has 2 unspecified atom stereocenters. The predicted molar refractivity (Wildman–Crippen MR) is 73.2 cm³/mol. The van der Waals surface area contributed by atoms with Gasteiger partial charge in [-0.05, 0) is 24.3 Å². The van der Waals surface area contributed by atoms with E-state index in [-0.39, 0.29) is 17.7 Å². The van der Waals surface area contributed by atoms with Gasteiger partial charge in [0.2, 0.25) is 5.91 Å². The van der Waals surface area contributed by atoms with Crippen molar-refractivity contribution in [1.82, 2.24) is 4.98 Å². The maximum Gasteiger partial charge on any atom is 0.307 e. The third kappa shape index (κ3) is 2.08. The molecule has 1 fully saturated rings. The molecule has 1 saturated carbocycles. The molecule has 1 aromatic rings. The second-order valence-corrected chi connectivity index (χ2v) is 5.59. The summed E-state index contributed by atoms with van der Waals surface area (Å²) in [4.78, 5) is 27.6. The number of allylic oxidation sites excluding steroid dienone is 2. The van der Waals surface area contributed by atoms with E-state index < -0.39 is 17.8 Å². The number of carbonyl (C=O) groups is 2. The molecule has 1 amide bonds. The molecule has 4 atom stereocenters. The molecule has 2 aliphatic rings. The molecular weight excluding hydrogens is 280 g/mol. The van der Waals surface area contributed by atoms with Crippen molar-refractivity contribution in [3.63, 3.8) is 0 Å². The van der Waals surface area contributed by atoms with Crippen molar-refractivity contribution in [2.75, 3.05) is 5.32 Å². The van der Waals surface area contributed by atoms with Crippen LogP contribution in [0.3, 0.4) is 0 Å². The normalized spacial score (nSPS) is 30.4. The highest BCUT2D eigenvalue weighted by Crippen LogP contribution is 2.48. The Morgan fingerprint density at radius 2 is 2.00 bits per heavy atom. The number of amides is 1. The summed E-state index contributed by atoms with van der Waals surface area (Å²) in [5.74, 6) is -2.46. The van der Waals surface area contributed by atoms with Gasteiger partial charge in [-0.1, -0.05) is 23.8 Å². The van der Waals surface area contributed by atoms with Crippen LogP contribution in [0.5, 0.6) is 0 Å². The minimum Gasteiger partial charge on any atom is -0.481 e. The zero-order valence-electron chi connectivity index (χ0n) is 10.5. The number of carboxylic acid groups (broad SMARTS) is 1. The number of carboxylic acids is 1. The van der Waals surface area contributed by atoms with E-state index in [9.17, 15) is 14.7 Å². The van der Waals surface area contributed by atoms with E-state index in [2.05, 4.69) is 10.3 Å². The minimum atomic E-state index is -0.917. The molecule has 5 nitrogen and oxygen atoms in total. The number of hydrogen-bond donors (Lipinski definition) is 2. The molecule has 0 saturated heterocycles. The van der Waals surface area contributed by atoms with Gasteiger partial charge >= 0.3 is 5.97 Å². The topological polar surface area (TPSA) is 79.3 Å². The van der Waals surface area contributed by atoms with Crippen LogP contribution < -0.4 is 5.32 Å². The summed E-state index contributed by atoms with van der Waals surface area (Å²) in [6, 6.07) is 1.58. The van der Waals surface area contributed by atoms with Gasteiger partial charge in [-0.3, -0.25) is 14.6 Å². The van der Waals surface area contributed by atoms with E-state index >= 15 is 0 Å².